The zero-order valence-electron chi connectivity index (χ0n) is 13.4. The van der Waals surface area contributed by atoms with Gasteiger partial charge in [-0.1, -0.05) is 37.8 Å². The average molecular weight is 314 g/mol. The van der Waals surface area contributed by atoms with Gasteiger partial charge in [-0.2, -0.15) is 0 Å². The quantitative estimate of drug-likeness (QED) is 0.853. The predicted octanol–water partition coefficient (Wildman–Crippen LogP) is 3.37. The minimum absolute atomic E-state index is 0.131. The molecule has 2 N–H and O–H groups in total. The van der Waals surface area contributed by atoms with Gasteiger partial charge in [0.25, 0.3) is 5.91 Å². The third-order valence-corrected chi connectivity index (χ3v) is 4.41. The molecule has 1 fully saturated rings. The van der Waals surface area contributed by atoms with E-state index >= 15 is 0 Å². The summed E-state index contributed by atoms with van der Waals surface area (Å²) in [6.45, 7) is 0. The summed E-state index contributed by atoms with van der Waals surface area (Å²) in [6.07, 6.45) is 6.80. The molecule has 1 amide bonds. The maximum Gasteiger partial charge on any atom is 0.257 e. The topological polar surface area (TPSA) is 75.3 Å². The summed E-state index contributed by atoms with van der Waals surface area (Å²) in [7, 11) is 1.56. The fourth-order valence-corrected chi connectivity index (χ4v) is 3.15. The number of methoxy groups -OCH3 is 1. The number of hydrogen-bond acceptors (Lipinski definition) is 4. The molecule has 1 saturated carbocycles. The summed E-state index contributed by atoms with van der Waals surface area (Å²) in [5.74, 6) is 0.335. The van der Waals surface area contributed by atoms with Crippen LogP contribution in [0.1, 0.15) is 48.9 Å². The maximum absolute atomic E-state index is 12.5. The van der Waals surface area contributed by atoms with Gasteiger partial charge < -0.3 is 14.5 Å². The SMILES string of the molecule is COc1cccc2cc(C(=O)NC3CCCCCC3)c(=N)oc12. The lowest BCUT2D eigenvalue weighted by Gasteiger charge is -2.16. The smallest absolute Gasteiger partial charge is 0.257 e. The Hall–Kier alpha value is -2.30. The van der Waals surface area contributed by atoms with E-state index in [1.54, 1.807) is 19.2 Å². The van der Waals surface area contributed by atoms with Gasteiger partial charge in [0.15, 0.2) is 11.3 Å². The highest BCUT2D eigenvalue weighted by atomic mass is 16.5. The Balaban J connectivity index is 1.88. The zero-order chi connectivity index (χ0) is 16.2. The molecule has 1 aliphatic carbocycles. The molecule has 0 saturated heterocycles. The first-order valence-electron chi connectivity index (χ1n) is 8.15. The molecule has 3 rings (SSSR count). The number of para-hydroxylation sites is 1. The molecule has 0 radical (unpaired) electrons. The van der Waals surface area contributed by atoms with Crippen molar-refractivity contribution in [3.63, 3.8) is 0 Å². The van der Waals surface area contributed by atoms with Crippen molar-refractivity contribution in [2.24, 2.45) is 0 Å². The summed E-state index contributed by atoms with van der Waals surface area (Å²) in [5.41, 5.74) is 0.633. The van der Waals surface area contributed by atoms with E-state index in [1.165, 1.54) is 12.8 Å². The van der Waals surface area contributed by atoms with Crippen molar-refractivity contribution in [3.05, 3.63) is 35.4 Å². The van der Waals surface area contributed by atoms with Gasteiger partial charge in [0.05, 0.1) is 7.11 Å². The molecule has 122 valence electrons. The molecule has 1 aromatic heterocycles. The van der Waals surface area contributed by atoms with E-state index in [0.717, 1.165) is 31.1 Å². The third kappa shape index (κ3) is 3.38. The molecule has 0 unspecified atom stereocenters. The summed E-state index contributed by atoms with van der Waals surface area (Å²) in [6, 6.07) is 7.37. The number of benzene rings is 1. The van der Waals surface area contributed by atoms with E-state index in [9.17, 15) is 4.79 Å². The molecule has 1 aliphatic rings. The van der Waals surface area contributed by atoms with Crippen LogP contribution in [0.4, 0.5) is 0 Å². The normalized spacial score (nSPS) is 16.0. The Morgan fingerprint density at radius 1 is 1.26 bits per heavy atom. The second-order valence-corrected chi connectivity index (χ2v) is 6.03. The van der Waals surface area contributed by atoms with Crippen LogP contribution in [0.25, 0.3) is 11.0 Å². The summed E-state index contributed by atoms with van der Waals surface area (Å²) < 4.78 is 10.8. The van der Waals surface area contributed by atoms with E-state index in [0.29, 0.717) is 11.3 Å². The molecule has 0 spiro atoms. The van der Waals surface area contributed by atoms with Gasteiger partial charge in [-0.3, -0.25) is 10.2 Å². The van der Waals surface area contributed by atoms with E-state index in [2.05, 4.69) is 5.32 Å². The monoisotopic (exact) mass is 314 g/mol. The number of ether oxygens (including phenoxy) is 1. The van der Waals surface area contributed by atoms with Crippen LogP contribution < -0.4 is 15.6 Å². The van der Waals surface area contributed by atoms with Crippen LogP contribution in [0.15, 0.2) is 28.7 Å². The summed E-state index contributed by atoms with van der Waals surface area (Å²) >= 11 is 0. The Morgan fingerprint density at radius 3 is 2.70 bits per heavy atom. The number of hydrogen-bond donors (Lipinski definition) is 2. The summed E-state index contributed by atoms with van der Waals surface area (Å²) in [5, 5.41) is 11.8. The Bertz CT molecular complexity index is 758. The maximum atomic E-state index is 12.5. The molecular weight excluding hydrogens is 292 g/mol. The van der Waals surface area contributed by atoms with Crippen LogP contribution in [-0.2, 0) is 0 Å². The van der Waals surface area contributed by atoms with Crippen LogP contribution >= 0.6 is 0 Å². The zero-order valence-corrected chi connectivity index (χ0v) is 13.4. The fraction of sp³-hybridized carbons (Fsp3) is 0.444. The number of rotatable bonds is 3. The van der Waals surface area contributed by atoms with Gasteiger partial charge in [0.1, 0.15) is 5.56 Å². The highest BCUT2D eigenvalue weighted by molar-refractivity contribution is 5.97. The first kappa shape index (κ1) is 15.6. The Kier molecular flexibility index (Phi) is 4.65. The Labute approximate surface area is 135 Å². The molecule has 23 heavy (non-hydrogen) atoms. The number of amides is 1. The van der Waals surface area contributed by atoms with Crippen LogP contribution in [0.5, 0.6) is 5.75 Å². The third-order valence-electron chi connectivity index (χ3n) is 4.41. The van der Waals surface area contributed by atoms with Crippen molar-refractivity contribution < 1.29 is 13.9 Å². The van der Waals surface area contributed by atoms with Crippen LogP contribution in [-0.4, -0.2) is 19.1 Å². The van der Waals surface area contributed by atoms with Gasteiger partial charge in [-0.05, 0) is 25.0 Å². The molecule has 5 heteroatoms. The van der Waals surface area contributed by atoms with Crippen LogP contribution in [0.3, 0.4) is 0 Å². The number of fused-ring (bicyclic) bond motifs is 1. The first-order chi connectivity index (χ1) is 11.2. The van der Waals surface area contributed by atoms with Gasteiger partial charge in [-0.15, -0.1) is 0 Å². The van der Waals surface area contributed by atoms with E-state index in [4.69, 9.17) is 14.6 Å². The van der Waals surface area contributed by atoms with Gasteiger partial charge in [-0.25, -0.2) is 0 Å². The number of carbonyl (C=O) groups is 1. The second kappa shape index (κ2) is 6.86. The molecule has 2 aromatic rings. The van der Waals surface area contributed by atoms with Crippen LogP contribution in [0.2, 0.25) is 0 Å². The van der Waals surface area contributed by atoms with Crippen molar-refractivity contribution in [1.29, 1.82) is 5.41 Å². The van der Waals surface area contributed by atoms with Crippen molar-refractivity contribution in [1.82, 2.24) is 5.32 Å². The molecule has 0 aliphatic heterocycles. The fourth-order valence-electron chi connectivity index (χ4n) is 3.15. The number of carbonyl (C=O) groups excluding carboxylic acids is 1. The molecule has 0 bridgehead atoms. The summed E-state index contributed by atoms with van der Waals surface area (Å²) in [4.78, 5) is 12.5. The van der Waals surface area contributed by atoms with Crippen molar-refractivity contribution in [2.45, 2.75) is 44.6 Å². The molecule has 1 aromatic carbocycles. The van der Waals surface area contributed by atoms with Crippen LogP contribution in [0, 0.1) is 5.41 Å². The minimum Gasteiger partial charge on any atom is -0.493 e. The highest BCUT2D eigenvalue weighted by Gasteiger charge is 2.18. The predicted molar refractivity (Wildman–Crippen MR) is 87.6 cm³/mol. The second-order valence-electron chi connectivity index (χ2n) is 6.03. The van der Waals surface area contributed by atoms with Gasteiger partial charge in [0, 0.05) is 11.4 Å². The van der Waals surface area contributed by atoms with Gasteiger partial charge >= 0.3 is 0 Å². The molecular formula is C18H22N2O3. The van der Waals surface area contributed by atoms with Gasteiger partial charge in [0.2, 0.25) is 5.55 Å². The Morgan fingerprint density at radius 2 is 2.00 bits per heavy atom. The lowest BCUT2D eigenvalue weighted by molar-refractivity contribution is 0.0929. The van der Waals surface area contributed by atoms with Crippen molar-refractivity contribution >= 4 is 16.9 Å². The van der Waals surface area contributed by atoms with Crippen molar-refractivity contribution in [3.8, 4) is 5.75 Å². The number of nitrogens with one attached hydrogen (secondary N) is 2. The van der Waals surface area contributed by atoms with E-state index in [1.807, 2.05) is 12.1 Å². The minimum atomic E-state index is -0.227. The highest BCUT2D eigenvalue weighted by Crippen LogP contribution is 2.24. The van der Waals surface area contributed by atoms with E-state index < -0.39 is 0 Å². The molecule has 1 heterocycles. The first-order valence-corrected chi connectivity index (χ1v) is 8.15. The lowest BCUT2D eigenvalue weighted by Crippen LogP contribution is -2.36. The standard InChI is InChI=1S/C18H22N2O3/c1-22-15-10-6-7-12-11-14(17(19)23-16(12)15)18(21)20-13-8-4-2-3-5-9-13/h6-7,10-11,13,19H,2-5,8-9H2,1H3,(H,20,21). The lowest BCUT2D eigenvalue weighted by atomic mass is 10.1. The van der Waals surface area contributed by atoms with Crippen molar-refractivity contribution in [2.75, 3.05) is 7.11 Å². The molecule has 0 atom stereocenters. The average Bonchev–Trinajstić information content (AvgIpc) is 2.82. The largest absolute Gasteiger partial charge is 0.493 e. The molecule has 5 nitrogen and oxygen atoms in total. The van der Waals surface area contributed by atoms with E-state index in [-0.39, 0.29) is 23.1 Å².